The highest BCUT2D eigenvalue weighted by Gasteiger charge is 2.16. The van der Waals surface area contributed by atoms with Crippen molar-refractivity contribution >= 4 is 59.5 Å². The minimum absolute atomic E-state index is 0.467. The molecule has 1 aromatic carbocycles. The number of primary amides is 1. The summed E-state index contributed by atoms with van der Waals surface area (Å²) in [6.07, 6.45) is 1.22. The first-order valence-electron chi connectivity index (χ1n) is 4.34. The Balaban J connectivity index is 2.91. The average Bonchev–Trinajstić information content (AvgIpc) is 2.57. The second-order valence-electron chi connectivity index (χ2n) is 3.17. The van der Waals surface area contributed by atoms with Crippen molar-refractivity contribution in [2.24, 2.45) is 5.73 Å². The number of nitrogens with one attached hydrogen (secondary N) is 1. The topological polar surface area (TPSA) is 66.9 Å². The summed E-state index contributed by atoms with van der Waals surface area (Å²) in [5, 5.41) is 8.77. The standard InChI is InChI=1S/C10H8N2OS3/c11-3-4-1-2-5-6(7(4)14)10(15)16-8(5)9(12)13/h1-3,11,14-15H,(H2,12,13). The van der Waals surface area contributed by atoms with E-state index in [1.165, 1.54) is 17.6 Å². The molecular weight excluding hydrogens is 260 g/mol. The molecule has 0 bridgehead atoms. The van der Waals surface area contributed by atoms with Crippen LogP contribution in [0, 0.1) is 5.41 Å². The molecule has 1 heterocycles. The molecule has 2 aromatic rings. The lowest BCUT2D eigenvalue weighted by Gasteiger charge is -2.01. The molecule has 0 aliphatic heterocycles. The summed E-state index contributed by atoms with van der Waals surface area (Å²) in [7, 11) is 0. The summed E-state index contributed by atoms with van der Waals surface area (Å²) in [5.74, 6) is -0.467. The van der Waals surface area contributed by atoms with Crippen molar-refractivity contribution in [3.8, 4) is 0 Å². The monoisotopic (exact) mass is 268 g/mol. The summed E-state index contributed by atoms with van der Waals surface area (Å²) in [6.45, 7) is 0. The first-order valence-corrected chi connectivity index (χ1v) is 6.05. The molecule has 1 aromatic heterocycles. The number of amides is 1. The Bertz CT molecular complexity index is 604. The lowest BCUT2D eigenvalue weighted by atomic mass is 10.1. The fraction of sp³-hybridized carbons (Fsp3) is 0. The maximum Gasteiger partial charge on any atom is 0.259 e. The van der Waals surface area contributed by atoms with Crippen LogP contribution in [0.25, 0.3) is 10.8 Å². The van der Waals surface area contributed by atoms with Crippen LogP contribution in [0.4, 0.5) is 0 Å². The van der Waals surface area contributed by atoms with Crippen LogP contribution in [0.5, 0.6) is 0 Å². The smallest absolute Gasteiger partial charge is 0.259 e. The Morgan fingerprint density at radius 3 is 2.69 bits per heavy atom. The maximum absolute atomic E-state index is 11.2. The van der Waals surface area contributed by atoms with Gasteiger partial charge in [-0.1, -0.05) is 12.1 Å². The normalized spacial score (nSPS) is 10.6. The van der Waals surface area contributed by atoms with Gasteiger partial charge in [-0.2, -0.15) is 0 Å². The number of thiophene rings is 1. The summed E-state index contributed by atoms with van der Waals surface area (Å²) in [4.78, 5) is 12.4. The highest BCUT2D eigenvalue weighted by molar-refractivity contribution is 7.83. The van der Waals surface area contributed by atoms with Crippen molar-refractivity contribution < 1.29 is 4.79 Å². The minimum atomic E-state index is -0.467. The van der Waals surface area contributed by atoms with E-state index in [0.717, 1.165) is 10.8 Å². The number of fused-ring (bicyclic) bond motifs is 1. The van der Waals surface area contributed by atoms with Crippen LogP contribution >= 0.6 is 36.6 Å². The number of carbonyl (C=O) groups excluding carboxylic acids is 1. The molecular formula is C10H8N2OS3. The summed E-state index contributed by atoms with van der Waals surface area (Å²) < 4.78 is 0.692. The molecule has 0 radical (unpaired) electrons. The number of carbonyl (C=O) groups is 1. The molecule has 6 heteroatoms. The van der Waals surface area contributed by atoms with Crippen LogP contribution in [0.3, 0.4) is 0 Å². The summed E-state index contributed by atoms with van der Waals surface area (Å²) >= 11 is 9.89. The van der Waals surface area contributed by atoms with E-state index in [2.05, 4.69) is 25.3 Å². The lowest BCUT2D eigenvalue weighted by Crippen LogP contribution is -2.08. The molecule has 0 spiro atoms. The van der Waals surface area contributed by atoms with Gasteiger partial charge in [0.05, 0.1) is 4.21 Å². The van der Waals surface area contributed by atoms with Crippen LogP contribution in [0.15, 0.2) is 21.2 Å². The van der Waals surface area contributed by atoms with Crippen LogP contribution in [0.1, 0.15) is 15.2 Å². The fourth-order valence-electron chi connectivity index (χ4n) is 1.52. The highest BCUT2D eigenvalue weighted by Crippen LogP contribution is 2.38. The van der Waals surface area contributed by atoms with E-state index in [1.54, 1.807) is 12.1 Å². The van der Waals surface area contributed by atoms with E-state index in [4.69, 9.17) is 11.1 Å². The first-order chi connectivity index (χ1) is 7.56. The number of thiol groups is 2. The SMILES string of the molecule is N=Cc1ccc2c(C(N)=O)sc(S)c2c1S. The molecule has 2 rings (SSSR count). The van der Waals surface area contributed by atoms with Gasteiger partial charge in [0.25, 0.3) is 5.91 Å². The lowest BCUT2D eigenvalue weighted by molar-refractivity contribution is 0.101. The van der Waals surface area contributed by atoms with Gasteiger partial charge in [-0.05, 0) is 0 Å². The Kier molecular flexibility index (Phi) is 2.96. The molecule has 0 aliphatic carbocycles. The molecule has 3 nitrogen and oxygen atoms in total. The van der Waals surface area contributed by atoms with Crippen molar-refractivity contribution in [3.63, 3.8) is 0 Å². The average molecular weight is 268 g/mol. The van der Waals surface area contributed by atoms with E-state index in [-0.39, 0.29) is 0 Å². The van der Waals surface area contributed by atoms with E-state index < -0.39 is 5.91 Å². The van der Waals surface area contributed by atoms with Gasteiger partial charge in [0, 0.05) is 27.4 Å². The number of rotatable bonds is 2. The van der Waals surface area contributed by atoms with Gasteiger partial charge in [-0.25, -0.2) is 0 Å². The quantitative estimate of drug-likeness (QED) is 0.491. The van der Waals surface area contributed by atoms with Gasteiger partial charge in [0.1, 0.15) is 4.88 Å². The predicted octanol–water partition coefficient (Wildman–Crippen LogP) is 2.58. The van der Waals surface area contributed by atoms with Crippen LogP contribution in [0.2, 0.25) is 0 Å². The fourth-order valence-corrected chi connectivity index (χ4v) is 3.44. The molecule has 0 saturated heterocycles. The molecule has 0 fully saturated rings. The number of hydrogen-bond donors (Lipinski definition) is 4. The van der Waals surface area contributed by atoms with Crippen molar-refractivity contribution in [3.05, 3.63) is 22.6 Å². The first kappa shape index (κ1) is 11.5. The van der Waals surface area contributed by atoms with Crippen LogP contribution in [-0.4, -0.2) is 12.1 Å². The maximum atomic E-state index is 11.2. The Labute approximate surface area is 107 Å². The van der Waals surface area contributed by atoms with Gasteiger partial charge in [-0.3, -0.25) is 4.79 Å². The Hall–Kier alpha value is -0.980. The molecule has 82 valence electrons. The largest absolute Gasteiger partial charge is 0.365 e. The zero-order valence-corrected chi connectivity index (χ0v) is 10.6. The number of benzene rings is 1. The predicted molar refractivity (Wildman–Crippen MR) is 72.7 cm³/mol. The van der Waals surface area contributed by atoms with Gasteiger partial charge in [0.15, 0.2) is 0 Å². The molecule has 0 aliphatic rings. The van der Waals surface area contributed by atoms with Gasteiger partial charge in [0.2, 0.25) is 0 Å². The molecule has 0 saturated carbocycles. The third-order valence-corrected chi connectivity index (χ3v) is 4.25. The molecule has 1 amide bonds. The second-order valence-corrected chi connectivity index (χ2v) is 5.39. The van der Waals surface area contributed by atoms with Crippen molar-refractivity contribution in [2.45, 2.75) is 9.10 Å². The molecule has 0 atom stereocenters. The van der Waals surface area contributed by atoms with E-state index in [1.807, 2.05) is 0 Å². The van der Waals surface area contributed by atoms with Crippen LogP contribution < -0.4 is 5.73 Å². The molecule has 16 heavy (non-hydrogen) atoms. The molecule has 3 N–H and O–H groups in total. The van der Waals surface area contributed by atoms with E-state index >= 15 is 0 Å². The zero-order chi connectivity index (χ0) is 11.9. The molecule has 0 unspecified atom stereocenters. The Morgan fingerprint density at radius 2 is 2.12 bits per heavy atom. The highest BCUT2D eigenvalue weighted by atomic mass is 32.2. The van der Waals surface area contributed by atoms with Crippen molar-refractivity contribution in [1.29, 1.82) is 5.41 Å². The van der Waals surface area contributed by atoms with E-state index in [0.29, 0.717) is 19.5 Å². The summed E-state index contributed by atoms with van der Waals surface area (Å²) in [5.41, 5.74) is 5.98. The second kappa shape index (κ2) is 4.12. The summed E-state index contributed by atoms with van der Waals surface area (Å²) in [6, 6.07) is 3.51. The van der Waals surface area contributed by atoms with Gasteiger partial charge < -0.3 is 11.1 Å². The van der Waals surface area contributed by atoms with Crippen molar-refractivity contribution in [1.82, 2.24) is 0 Å². The van der Waals surface area contributed by atoms with E-state index in [9.17, 15) is 4.79 Å². The Morgan fingerprint density at radius 1 is 1.44 bits per heavy atom. The van der Waals surface area contributed by atoms with Gasteiger partial charge in [-0.15, -0.1) is 36.6 Å². The third-order valence-electron chi connectivity index (χ3n) is 2.25. The number of hydrogen-bond acceptors (Lipinski definition) is 5. The van der Waals surface area contributed by atoms with Crippen molar-refractivity contribution in [2.75, 3.05) is 0 Å². The van der Waals surface area contributed by atoms with Gasteiger partial charge >= 0.3 is 0 Å². The number of nitrogens with two attached hydrogens (primary N) is 1. The zero-order valence-electron chi connectivity index (χ0n) is 8.02. The van der Waals surface area contributed by atoms with Crippen LogP contribution in [-0.2, 0) is 0 Å². The third kappa shape index (κ3) is 1.63. The minimum Gasteiger partial charge on any atom is -0.365 e.